The molecule has 0 unspecified atom stereocenters. The van der Waals surface area contributed by atoms with Crippen molar-refractivity contribution < 1.29 is 62.2 Å². The summed E-state index contributed by atoms with van der Waals surface area (Å²) in [6.07, 6.45) is 4.72. The molecule has 0 fully saturated rings. The van der Waals surface area contributed by atoms with Gasteiger partial charge in [0.1, 0.15) is 17.6 Å². The summed E-state index contributed by atoms with van der Waals surface area (Å²) >= 11 is 0. The van der Waals surface area contributed by atoms with Crippen molar-refractivity contribution in [3.63, 3.8) is 0 Å². The molecule has 0 amide bonds. The molecule has 3 heterocycles. The molecule has 0 aliphatic carbocycles. The van der Waals surface area contributed by atoms with Gasteiger partial charge in [-0.2, -0.15) is 0 Å². The highest BCUT2D eigenvalue weighted by Crippen LogP contribution is 2.26. The number of nitrogens with one attached hydrogen (secondary N) is 2. The molecule has 176 valence electrons. The van der Waals surface area contributed by atoms with Crippen LogP contribution in [-0.2, 0) is 20.2 Å². The van der Waals surface area contributed by atoms with Crippen LogP contribution in [0.3, 0.4) is 0 Å². The smallest absolute Gasteiger partial charge is 0.466 e. The van der Waals surface area contributed by atoms with Gasteiger partial charge in [0.25, 0.3) is 0 Å². The van der Waals surface area contributed by atoms with E-state index in [0.717, 1.165) is 17.1 Å². The quantitative estimate of drug-likeness (QED) is 0.184. The maximum atomic E-state index is 8.88. The number of imidazole rings is 1. The minimum absolute atomic E-state index is 0.581. The molecule has 18 nitrogen and oxygen atoms in total. The van der Waals surface area contributed by atoms with Gasteiger partial charge in [-0.15, -0.1) is 0 Å². The summed E-state index contributed by atoms with van der Waals surface area (Å²) in [5, 5.41) is 3.16. The van der Waals surface area contributed by atoms with Crippen LogP contribution in [0, 0.1) is 0 Å². The van der Waals surface area contributed by atoms with E-state index in [1.807, 2.05) is 12.1 Å². The van der Waals surface area contributed by atoms with Gasteiger partial charge in [0.15, 0.2) is 11.5 Å². The summed E-state index contributed by atoms with van der Waals surface area (Å²) in [6.45, 7) is 0.581. The first-order chi connectivity index (χ1) is 13.9. The van der Waals surface area contributed by atoms with Gasteiger partial charge in [-0.05, 0) is 12.1 Å². The normalized spacial score (nSPS) is 11.3. The third kappa shape index (κ3) is 21.0. The van der Waals surface area contributed by atoms with E-state index in [0.29, 0.717) is 12.2 Å². The lowest BCUT2D eigenvalue weighted by Gasteiger charge is -2.03. The molecule has 11 N–H and O–H groups in total. The van der Waals surface area contributed by atoms with E-state index >= 15 is 0 Å². The summed E-state index contributed by atoms with van der Waals surface area (Å²) in [5.74, 6) is 1.57. The number of nitrogens with zero attached hydrogens (tertiary/aromatic N) is 3. The topological polar surface area (TPSA) is 313 Å². The zero-order valence-corrected chi connectivity index (χ0v) is 17.6. The Hall–Kier alpha value is -2.04. The van der Waals surface area contributed by atoms with Crippen LogP contribution in [0.4, 0.5) is 5.82 Å². The fourth-order valence-electron chi connectivity index (χ4n) is 1.48. The molecule has 3 aromatic rings. The molecule has 0 saturated carbocycles. The van der Waals surface area contributed by atoms with E-state index in [1.54, 1.807) is 12.6 Å². The highest BCUT2D eigenvalue weighted by Gasteiger charge is 2.05. The van der Waals surface area contributed by atoms with Gasteiger partial charge >= 0.3 is 23.5 Å². The standard InChI is InChI=1S/C10H9N5O.3H3O4P/c1-2-7(16-3-1)4-11-9-8-10(13-5-12-8)15-6-14-9;3*1-5(2,3)4/h1-3,5-6H,4H2,(H2,11,12,13,14,15);3*(H3,1,2,3,4). The number of H-pyrrole nitrogens is 1. The predicted octanol–water partition coefficient (Wildman–Crippen LogP) is -1.23. The largest absolute Gasteiger partial charge is 0.467 e. The average molecular weight is 509 g/mol. The van der Waals surface area contributed by atoms with Crippen LogP contribution < -0.4 is 5.32 Å². The van der Waals surface area contributed by atoms with Gasteiger partial charge in [-0.25, -0.2) is 28.6 Å². The van der Waals surface area contributed by atoms with E-state index in [1.165, 1.54) is 6.33 Å². The highest BCUT2D eigenvalue weighted by molar-refractivity contribution is 7.45. The lowest BCUT2D eigenvalue weighted by atomic mass is 10.4. The van der Waals surface area contributed by atoms with Crippen molar-refractivity contribution in [1.29, 1.82) is 0 Å². The average Bonchev–Trinajstić information content (AvgIpc) is 3.19. The Balaban J connectivity index is 0.000000498. The van der Waals surface area contributed by atoms with Gasteiger partial charge in [0.2, 0.25) is 0 Å². The minimum atomic E-state index is -4.64. The molecule has 0 aliphatic rings. The number of anilines is 1. The molecule has 3 rings (SSSR count). The van der Waals surface area contributed by atoms with E-state index in [-0.39, 0.29) is 0 Å². The van der Waals surface area contributed by atoms with Crippen LogP contribution in [0.25, 0.3) is 11.2 Å². The second kappa shape index (κ2) is 12.7. The van der Waals surface area contributed by atoms with Crippen LogP contribution in [0.2, 0.25) is 0 Å². The number of aromatic amines is 1. The van der Waals surface area contributed by atoms with Crippen LogP contribution in [0.1, 0.15) is 5.76 Å². The predicted molar refractivity (Wildman–Crippen MR) is 101 cm³/mol. The third-order valence-electron chi connectivity index (χ3n) is 2.23. The molecule has 31 heavy (non-hydrogen) atoms. The Kier molecular flexibility index (Phi) is 11.9. The van der Waals surface area contributed by atoms with Crippen molar-refractivity contribution in [2.45, 2.75) is 6.54 Å². The Morgan fingerprint density at radius 2 is 1.39 bits per heavy atom. The molecule has 0 atom stereocenters. The SMILES string of the molecule is O=P(O)(O)O.O=P(O)(O)O.O=P(O)(O)O.c1coc(CNc2ncnc3nc[nH]c23)c1. The fourth-order valence-corrected chi connectivity index (χ4v) is 1.48. The molecule has 0 radical (unpaired) electrons. The maximum Gasteiger partial charge on any atom is 0.466 e. The summed E-state index contributed by atoms with van der Waals surface area (Å²) in [5.41, 5.74) is 1.45. The Bertz CT molecular complexity index is 967. The van der Waals surface area contributed by atoms with Gasteiger partial charge in [0, 0.05) is 0 Å². The van der Waals surface area contributed by atoms with E-state index < -0.39 is 23.5 Å². The van der Waals surface area contributed by atoms with Crippen molar-refractivity contribution in [2.75, 3.05) is 5.32 Å². The monoisotopic (exact) mass is 509 g/mol. The third-order valence-corrected chi connectivity index (χ3v) is 2.23. The number of hydrogen-bond donors (Lipinski definition) is 11. The highest BCUT2D eigenvalue weighted by atomic mass is 31.2. The first-order valence-electron chi connectivity index (χ1n) is 7.18. The minimum Gasteiger partial charge on any atom is -0.467 e. The fraction of sp³-hybridized carbons (Fsp3) is 0.100. The Labute approximate surface area is 172 Å². The summed E-state index contributed by atoms with van der Waals surface area (Å²) in [6, 6.07) is 3.75. The van der Waals surface area contributed by atoms with Crippen molar-refractivity contribution in [3.8, 4) is 0 Å². The van der Waals surface area contributed by atoms with Crippen molar-refractivity contribution in [1.82, 2.24) is 19.9 Å². The zero-order chi connectivity index (χ0) is 24.3. The lowest BCUT2D eigenvalue weighted by molar-refractivity contribution is 0.272. The first kappa shape index (κ1) is 29.0. The summed E-state index contributed by atoms with van der Waals surface area (Å²) in [7, 11) is -13.9. The first-order valence-corrected chi connectivity index (χ1v) is 11.9. The van der Waals surface area contributed by atoms with Gasteiger partial charge in [-0.3, -0.25) is 0 Å². The molecule has 0 aliphatic heterocycles. The second-order valence-electron chi connectivity index (χ2n) is 4.80. The molecular formula is C10H18N5O13P3. The van der Waals surface area contributed by atoms with Gasteiger partial charge in [-0.1, -0.05) is 0 Å². The van der Waals surface area contributed by atoms with Gasteiger partial charge < -0.3 is 58.8 Å². The second-order valence-corrected chi connectivity index (χ2v) is 7.88. The van der Waals surface area contributed by atoms with Crippen LogP contribution in [0.5, 0.6) is 0 Å². The Morgan fingerprint density at radius 1 is 0.871 bits per heavy atom. The van der Waals surface area contributed by atoms with Gasteiger partial charge in [0.05, 0.1) is 19.1 Å². The van der Waals surface area contributed by atoms with E-state index in [2.05, 4.69) is 25.3 Å². The van der Waals surface area contributed by atoms with E-state index in [9.17, 15) is 0 Å². The molecule has 21 heteroatoms. The molecular weight excluding hydrogens is 491 g/mol. The van der Waals surface area contributed by atoms with Crippen LogP contribution in [-0.4, -0.2) is 64.0 Å². The number of rotatable bonds is 3. The van der Waals surface area contributed by atoms with Crippen LogP contribution in [0.15, 0.2) is 35.5 Å². The molecule has 0 aromatic carbocycles. The number of fused-ring (bicyclic) bond motifs is 1. The molecule has 0 saturated heterocycles. The number of hydrogen-bond acceptors (Lipinski definition) is 8. The Morgan fingerprint density at radius 3 is 1.84 bits per heavy atom. The van der Waals surface area contributed by atoms with Crippen molar-refractivity contribution in [3.05, 3.63) is 36.8 Å². The molecule has 0 spiro atoms. The summed E-state index contributed by atoms with van der Waals surface area (Å²) in [4.78, 5) is 79.9. The lowest BCUT2D eigenvalue weighted by Crippen LogP contribution is -2.01. The maximum absolute atomic E-state index is 8.88. The van der Waals surface area contributed by atoms with Crippen LogP contribution >= 0.6 is 23.5 Å². The van der Waals surface area contributed by atoms with E-state index in [4.69, 9.17) is 62.2 Å². The molecule has 0 bridgehead atoms. The van der Waals surface area contributed by atoms with Crippen molar-refractivity contribution >= 4 is 40.4 Å². The van der Waals surface area contributed by atoms with Crippen molar-refractivity contribution in [2.24, 2.45) is 0 Å². The number of aromatic nitrogens is 4. The number of phosphoric acid groups is 3. The summed E-state index contributed by atoms with van der Waals surface area (Å²) < 4.78 is 31.9. The molecule has 3 aromatic heterocycles. The zero-order valence-electron chi connectivity index (χ0n) is 14.9. The number of furan rings is 1.